The highest BCUT2D eigenvalue weighted by Crippen LogP contribution is 2.43. The molecule has 1 amide bonds. The molecule has 9 heteroatoms. The number of amides is 1. The van der Waals surface area contributed by atoms with Gasteiger partial charge < -0.3 is 20.1 Å². The monoisotopic (exact) mass is 472 g/mol. The summed E-state index contributed by atoms with van der Waals surface area (Å²) < 4.78 is 10.1. The molecule has 2 aromatic carbocycles. The van der Waals surface area contributed by atoms with Crippen molar-refractivity contribution in [3.05, 3.63) is 82.8 Å². The van der Waals surface area contributed by atoms with Gasteiger partial charge in [-0.25, -0.2) is 9.59 Å². The summed E-state index contributed by atoms with van der Waals surface area (Å²) in [4.78, 5) is 41.5. The van der Waals surface area contributed by atoms with Crippen molar-refractivity contribution < 1.29 is 23.9 Å². The van der Waals surface area contributed by atoms with Gasteiger partial charge in [0.1, 0.15) is 11.5 Å². The molecule has 0 radical (unpaired) electrons. The number of nitrogens with zero attached hydrogens (tertiary/aromatic N) is 3. The van der Waals surface area contributed by atoms with E-state index in [9.17, 15) is 19.6 Å². The van der Waals surface area contributed by atoms with Crippen LogP contribution in [0.15, 0.2) is 77.3 Å². The van der Waals surface area contributed by atoms with Crippen molar-refractivity contribution in [3.8, 4) is 6.07 Å². The molecular formula is C26H24N4O5. The quantitative estimate of drug-likeness (QED) is 0.659. The second kappa shape index (κ2) is 9.73. The average Bonchev–Trinajstić information content (AvgIpc) is 3.33. The molecular weight excluding hydrogens is 448 g/mol. The van der Waals surface area contributed by atoms with Crippen molar-refractivity contribution in [1.29, 1.82) is 5.26 Å². The van der Waals surface area contributed by atoms with Crippen LogP contribution < -0.4 is 15.5 Å². The standard InChI is InChI=1S/C26H24N4O5/c1-34-25(32)22-21(16-8-4-3-5-9-16)19(15-27)24(28)30(23(22)26(33)35-2)18-11-6-10-17(14-18)29-13-7-12-20(29)31/h3-6,8-11,14,21H,7,12-13,28H2,1-2H3. The highest BCUT2D eigenvalue weighted by Gasteiger charge is 2.43. The molecule has 35 heavy (non-hydrogen) atoms. The van der Waals surface area contributed by atoms with Gasteiger partial charge in [-0.3, -0.25) is 9.69 Å². The zero-order valence-corrected chi connectivity index (χ0v) is 19.4. The van der Waals surface area contributed by atoms with Crippen molar-refractivity contribution in [2.45, 2.75) is 18.8 Å². The summed E-state index contributed by atoms with van der Waals surface area (Å²) in [5.41, 5.74) is 7.96. The molecule has 2 heterocycles. The van der Waals surface area contributed by atoms with E-state index in [4.69, 9.17) is 15.2 Å². The van der Waals surface area contributed by atoms with E-state index >= 15 is 0 Å². The van der Waals surface area contributed by atoms with Crippen LogP contribution in [0.1, 0.15) is 24.3 Å². The highest BCUT2D eigenvalue weighted by molar-refractivity contribution is 6.06. The molecule has 2 aromatic rings. The zero-order valence-electron chi connectivity index (χ0n) is 19.4. The first-order chi connectivity index (χ1) is 16.9. The van der Waals surface area contributed by atoms with Gasteiger partial charge in [0.25, 0.3) is 0 Å². The lowest BCUT2D eigenvalue weighted by Gasteiger charge is -2.36. The predicted molar refractivity (Wildman–Crippen MR) is 128 cm³/mol. The fourth-order valence-corrected chi connectivity index (χ4v) is 4.50. The molecule has 1 unspecified atom stereocenters. The molecule has 0 aromatic heterocycles. The summed E-state index contributed by atoms with van der Waals surface area (Å²) in [6.07, 6.45) is 1.19. The molecule has 1 saturated heterocycles. The maximum Gasteiger partial charge on any atom is 0.355 e. The Bertz CT molecular complexity index is 1290. The third-order valence-corrected chi connectivity index (χ3v) is 6.08. The van der Waals surface area contributed by atoms with Crippen LogP contribution in [-0.4, -0.2) is 38.6 Å². The molecule has 0 spiro atoms. The molecule has 2 aliphatic rings. The number of esters is 2. The zero-order chi connectivity index (χ0) is 25.1. The number of allylic oxidation sites excluding steroid dienone is 1. The van der Waals surface area contributed by atoms with Crippen LogP contribution >= 0.6 is 0 Å². The van der Waals surface area contributed by atoms with Gasteiger partial charge in [-0.1, -0.05) is 36.4 Å². The molecule has 1 atom stereocenters. The summed E-state index contributed by atoms with van der Waals surface area (Å²) in [6.45, 7) is 0.570. The van der Waals surface area contributed by atoms with Crippen LogP contribution in [0.5, 0.6) is 0 Å². The number of ether oxygens (including phenoxy) is 2. The Balaban J connectivity index is 1.99. The SMILES string of the molecule is COC(=O)C1=C(C(=O)OC)N(c2cccc(N3CCCC3=O)c2)C(N)=C(C#N)C1c1ccccc1. The lowest BCUT2D eigenvalue weighted by atomic mass is 9.81. The van der Waals surface area contributed by atoms with Crippen molar-refractivity contribution >= 4 is 29.2 Å². The number of hydrogen-bond acceptors (Lipinski definition) is 8. The van der Waals surface area contributed by atoms with Crippen LogP contribution in [-0.2, 0) is 23.9 Å². The van der Waals surface area contributed by atoms with Gasteiger partial charge in [0.15, 0.2) is 0 Å². The second-order valence-electron chi connectivity index (χ2n) is 8.00. The minimum absolute atomic E-state index is 0.00912. The lowest BCUT2D eigenvalue weighted by molar-refractivity contribution is -0.139. The highest BCUT2D eigenvalue weighted by atomic mass is 16.5. The molecule has 1 fully saturated rings. The number of nitriles is 1. The van der Waals surface area contributed by atoms with Gasteiger partial charge in [-0.15, -0.1) is 0 Å². The number of anilines is 2. The van der Waals surface area contributed by atoms with E-state index in [1.807, 2.05) is 0 Å². The van der Waals surface area contributed by atoms with E-state index in [1.54, 1.807) is 59.5 Å². The van der Waals surface area contributed by atoms with Gasteiger partial charge in [-0.05, 0) is 30.2 Å². The molecule has 0 bridgehead atoms. The van der Waals surface area contributed by atoms with Crippen molar-refractivity contribution in [2.75, 3.05) is 30.6 Å². The molecule has 2 N–H and O–H groups in total. The maximum atomic E-state index is 13.1. The molecule has 0 saturated carbocycles. The van der Waals surface area contributed by atoms with Crippen LogP contribution in [0.25, 0.3) is 0 Å². The largest absolute Gasteiger partial charge is 0.466 e. The molecule has 178 valence electrons. The van der Waals surface area contributed by atoms with Crippen molar-refractivity contribution in [3.63, 3.8) is 0 Å². The van der Waals surface area contributed by atoms with E-state index in [2.05, 4.69) is 6.07 Å². The molecule has 0 aliphatic carbocycles. The van der Waals surface area contributed by atoms with Gasteiger partial charge in [-0.2, -0.15) is 5.26 Å². The van der Waals surface area contributed by atoms with Gasteiger partial charge in [0, 0.05) is 24.3 Å². The topological polar surface area (TPSA) is 126 Å². The fourth-order valence-electron chi connectivity index (χ4n) is 4.50. The van der Waals surface area contributed by atoms with E-state index < -0.39 is 17.9 Å². The smallest absolute Gasteiger partial charge is 0.355 e. The first-order valence-electron chi connectivity index (χ1n) is 11.0. The summed E-state index contributed by atoms with van der Waals surface area (Å²) in [5, 5.41) is 10.1. The minimum atomic E-state index is -0.942. The van der Waals surface area contributed by atoms with Gasteiger partial charge >= 0.3 is 11.9 Å². The normalized spacial score (nSPS) is 18.0. The van der Waals surface area contributed by atoms with E-state index in [-0.39, 0.29) is 28.6 Å². The lowest BCUT2D eigenvalue weighted by Crippen LogP contribution is -2.40. The number of nitrogens with two attached hydrogens (primary N) is 1. The Kier molecular flexibility index (Phi) is 6.55. The summed E-state index contributed by atoms with van der Waals surface area (Å²) in [6, 6.07) is 17.8. The van der Waals surface area contributed by atoms with E-state index in [0.717, 1.165) is 6.42 Å². The Morgan fingerprint density at radius 2 is 1.71 bits per heavy atom. The van der Waals surface area contributed by atoms with Gasteiger partial charge in [0.05, 0.1) is 37.4 Å². The van der Waals surface area contributed by atoms with Crippen LogP contribution in [0.3, 0.4) is 0 Å². The summed E-state index contributed by atoms with van der Waals surface area (Å²) >= 11 is 0. The summed E-state index contributed by atoms with van der Waals surface area (Å²) in [7, 11) is 2.39. The van der Waals surface area contributed by atoms with E-state index in [0.29, 0.717) is 29.9 Å². The Hall–Kier alpha value is -4.58. The first kappa shape index (κ1) is 23.6. The Labute approximate surface area is 202 Å². The van der Waals surface area contributed by atoms with Crippen LogP contribution in [0.4, 0.5) is 11.4 Å². The van der Waals surface area contributed by atoms with Crippen LogP contribution in [0, 0.1) is 11.3 Å². The number of benzene rings is 2. The Morgan fingerprint density at radius 1 is 1.03 bits per heavy atom. The molecule has 2 aliphatic heterocycles. The van der Waals surface area contributed by atoms with E-state index in [1.165, 1.54) is 19.1 Å². The average molecular weight is 473 g/mol. The van der Waals surface area contributed by atoms with Crippen molar-refractivity contribution in [2.24, 2.45) is 5.73 Å². The number of methoxy groups -OCH3 is 2. The van der Waals surface area contributed by atoms with Crippen LogP contribution in [0.2, 0.25) is 0 Å². The summed E-state index contributed by atoms with van der Waals surface area (Å²) in [5.74, 6) is -2.60. The predicted octanol–water partition coefficient (Wildman–Crippen LogP) is 2.71. The third kappa shape index (κ3) is 4.10. The molecule has 9 nitrogen and oxygen atoms in total. The Morgan fingerprint density at radius 3 is 2.31 bits per heavy atom. The third-order valence-electron chi connectivity index (χ3n) is 6.08. The number of carbonyl (C=O) groups is 3. The second-order valence-corrected chi connectivity index (χ2v) is 8.00. The van der Waals surface area contributed by atoms with Gasteiger partial charge in [0.2, 0.25) is 5.91 Å². The fraction of sp³-hybridized carbons (Fsp3) is 0.231. The number of carbonyl (C=O) groups excluding carboxylic acids is 3. The number of rotatable bonds is 5. The molecule has 4 rings (SSSR count). The maximum absolute atomic E-state index is 13.1. The number of hydrogen-bond donors (Lipinski definition) is 1. The van der Waals surface area contributed by atoms with Crippen molar-refractivity contribution in [1.82, 2.24) is 0 Å². The minimum Gasteiger partial charge on any atom is -0.466 e. The first-order valence-corrected chi connectivity index (χ1v) is 11.0.